The second kappa shape index (κ2) is 8.80. The van der Waals surface area contributed by atoms with E-state index in [2.05, 4.69) is 11.4 Å². The Morgan fingerprint density at radius 1 is 1.30 bits per heavy atom. The summed E-state index contributed by atoms with van der Waals surface area (Å²) >= 11 is 1.44. The first-order valence-corrected chi connectivity index (χ1v) is 9.53. The number of ether oxygens (including phenoxy) is 2. The molecule has 0 saturated heterocycles. The molecular formula is C20H20N2O4S. The zero-order valence-corrected chi connectivity index (χ0v) is 15.9. The molecule has 1 aromatic heterocycles. The van der Waals surface area contributed by atoms with Crippen molar-refractivity contribution >= 4 is 28.2 Å². The first kappa shape index (κ1) is 19.1. The van der Waals surface area contributed by atoms with Gasteiger partial charge in [0.15, 0.2) is 6.61 Å². The average Bonchev–Trinajstić information content (AvgIpc) is 3.03. The minimum absolute atomic E-state index is 0.363. The van der Waals surface area contributed by atoms with Gasteiger partial charge in [-0.15, -0.1) is 11.3 Å². The van der Waals surface area contributed by atoms with Crippen molar-refractivity contribution in [2.45, 2.75) is 32.3 Å². The number of aryl methyl sites for hydroxylation is 1. The van der Waals surface area contributed by atoms with Crippen LogP contribution in [0.5, 0.6) is 0 Å². The van der Waals surface area contributed by atoms with Crippen LogP contribution in [-0.2, 0) is 33.7 Å². The van der Waals surface area contributed by atoms with Crippen molar-refractivity contribution in [1.82, 2.24) is 0 Å². The van der Waals surface area contributed by atoms with Gasteiger partial charge < -0.3 is 14.8 Å². The average molecular weight is 384 g/mol. The van der Waals surface area contributed by atoms with Crippen LogP contribution in [0.4, 0.5) is 5.00 Å². The zero-order chi connectivity index (χ0) is 19.2. The monoisotopic (exact) mass is 384 g/mol. The standard InChI is InChI=1S/C20H20N2O4S/c1-25-11-13-5-4-6-14(9-13)20(24)26-12-18(23)22-19-16(10-21)15-7-2-3-8-17(15)27-19/h4-6,9H,2-3,7-8,11-12H2,1H3,(H,22,23). The highest BCUT2D eigenvalue weighted by molar-refractivity contribution is 7.16. The Bertz CT molecular complexity index is 898. The number of fused-ring (bicyclic) bond motifs is 1. The van der Waals surface area contributed by atoms with E-state index in [4.69, 9.17) is 9.47 Å². The van der Waals surface area contributed by atoms with Crippen LogP contribution in [0, 0.1) is 11.3 Å². The lowest BCUT2D eigenvalue weighted by Gasteiger charge is -2.09. The maximum atomic E-state index is 12.2. The van der Waals surface area contributed by atoms with Gasteiger partial charge in [0.25, 0.3) is 5.91 Å². The molecule has 0 aliphatic heterocycles. The Kier molecular flexibility index (Phi) is 6.22. The van der Waals surface area contributed by atoms with E-state index in [9.17, 15) is 14.9 Å². The number of hydrogen-bond acceptors (Lipinski definition) is 6. The lowest BCUT2D eigenvalue weighted by atomic mass is 9.96. The normalized spacial score (nSPS) is 12.7. The second-order valence-electron chi connectivity index (χ2n) is 6.28. The SMILES string of the molecule is COCc1cccc(C(=O)OCC(=O)Nc2sc3c(c2C#N)CCCC3)c1. The van der Waals surface area contributed by atoms with Crippen LogP contribution < -0.4 is 5.32 Å². The zero-order valence-electron chi connectivity index (χ0n) is 15.0. The number of nitriles is 1. The van der Waals surface area contributed by atoms with Crippen molar-refractivity contribution in [3.05, 3.63) is 51.4 Å². The van der Waals surface area contributed by atoms with Gasteiger partial charge in [-0.25, -0.2) is 4.79 Å². The Labute approximate surface area is 161 Å². The van der Waals surface area contributed by atoms with Crippen LogP contribution in [0.1, 0.15) is 44.8 Å². The molecule has 27 heavy (non-hydrogen) atoms. The number of thiophene rings is 1. The molecule has 0 spiro atoms. The molecule has 1 aromatic carbocycles. The molecule has 1 aliphatic carbocycles. The molecule has 7 heteroatoms. The number of hydrogen-bond donors (Lipinski definition) is 1. The molecule has 0 bridgehead atoms. The van der Waals surface area contributed by atoms with Crippen molar-refractivity contribution in [3.8, 4) is 6.07 Å². The highest BCUT2D eigenvalue weighted by Gasteiger charge is 2.22. The van der Waals surface area contributed by atoms with Gasteiger partial charge in [0.1, 0.15) is 11.1 Å². The molecule has 0 saturated carbocycles. The van der Waals surface area contributed by atoms with Crippen LogP contribution in [-0.4, -0.2) is 25.6 Å². The van der Waals surface area contributed by atoms with Gasteiger partial charge in [0.2, 0.25) is 0 Å². The summed E-state index contributed by atoms with van der Waals surface area (Å²) in [5, 5.41) is 12.7. The summed E-state index contributed by atoms with van der Waals surface area (Å²) in [4.78, 5) is 25.5. The highest BCUT2D eigenvalue weighted by atomic mass is 32.1. The topological polar surface area (TPSA) is 88.4 Å². The van der Waals surface area contributed by atoms with E-state index in [1.807, 2.05) is 6.07 Å². The van der Waals surface area contributed by atoms with Crippen LogP contribution in [0.25, 0.3) is 0 Å². The van der Waals surface area contributed by atoms with Crippen molar-refractivity contribution in [3.63, 3.8) is 0 Å². The first-order valence-electron chi connectivity index (χ1n) is 8.72. The fourth-order valence-corrected chi connectivity index (χ4v) is 4.36. The van der Waals surface area contributed by atoms with Crippen LogP contribution in [0.2, 0.25) is 0 Å². The third-order valence-electron chi connectivity index (χ3n) is 4.34. The molecule has 1 N–H and O–H groups in total. The number of esters is 1. The van der Waals surface area contributed by atoms with E-state index in [1.54, 1.807) is 25.3 Å². The molecule has 1 aliphatic rings. The fraction of sp³-hybridized carbons (Fsp3) is 0.350. The quantitative estimate of drug-likeness (QED) is 0.771. The lowest BCUT2D eigenvalue weighted by Crippen LogP contribution is -2.21. The van der Waals surface area contributed by atoms with E-state index >= 15 is 0 Å². The number of carbonyl (C=O) groups excluding carboxylic acids is 2. The Morgan fingerprint density at radius 3 is 2.89 bits per heavy atom. The number of benzene rings is 1. The summed E-state index contributed by atoms with van der Waals surface area (Å²) in [6.07, 6.45) is 3.98. The number of methoxy groups -OCH3 is 1. The van der Waals surface area contributed by atoms with Gasteiger partial charge in [-0.05, 0) is 48.9 Å². The number of amides is 1. The Morgan fingerprint density at radius 2 is 2.11 bits per heavy atom. The van der Waals surface area contributed by atoms with Crippen molar-refractivity contribution < 1.29 is 19.1 Å². The number of rotatable bonds is 6. The van der Waals surface area contributed by atoms with Gasteiger partial charge in [-0.3, -0.25) is 4.79 Å². The number of nitrogens with one attached hydrogen (secondary N) is 1. The van der Waals surface area contributed by atoms with E-state index in [1.165, 1.54) is 16.2 Å². The molecule has 1 heterocycles. The van der Waals surface area contributed by atoms with Gasteiger partial charge >= 0.3 is 5.97 Å². The highest BCUT2D eigenvalue weighted by Crippen LogP contribution is 2.37. The Hall–Kier alpha value is -2.69. The molecule has 6 nitrogen and oxygen atoms in total. The molecule has 0 unspecified atom stereocenters. The maximum Gasteiger partial charge on any atom is 0.338 e. The minimum atomic E-state index is -0.575. The van der Waals surface area contributed by atoms with Gasteiger partial charge in [-0.1, -0.05) is 12.1 Å². The molecule has 0 fully saturated rings. The third-order valence-corrected chi connectivity index (χ3v) is 5.55. The van der Waals surface area contributed by atoms with Crippen LogP contribution in [0.3, 0.4) is 0 Å². The number of carbonyl (C=O) groups is 2. The minimum Gasteiger partial charge on any atom is -0.452 e. The predicted molar refractivity (Wildman–Crippen MR) is 102 cm³/mol. The summed E-state index contributed by atoms with van der Waals surface area (Å²) in [7, 11) is 1.58. The lowest BCUT2D eigenvalue weighted by molar-refractivity contribution is -0.119. The van der Waals surface area contributed by atoms with Crippen molar-refractivity contribution in [2.24, 2.45) is 0 Å². The van der Waals surface area contributed by atoms with E-state index in [0.717, 1.165) is 36.8 Å². The summed E-state index contributed by atoms with van der Waals surface area (Å²) in [6.45, 7) is -0.0115. The molecule has 140 valence electrons. The van der Waals surface area contributed by atoms with Crippen LogP contribution in [0.15, 0.2) is 24.3 Å². The molecule has 0 atom stereocenters. The Balaban J connectivity index is 1.60. The fourth-order valence-electron chi connectivity index (χ4n) is 3.10. The smallest absolute Gasteiger partial charge is 0.338 e. The molecule has 3 rings (SSSR count). The second-order valence-corrected chi connectivity index (χ2v) is 7.39. The maximum absolute atomic E-state index is 12.2. The van der Waals surface area contributed by atoms with E-state index in [-0.39, 0.29) is 0 Å². The predicted octanol–water partition coefficient (Wildman–Crippen LogP) is 3.44. The van der Waals surface area contributed by atoms with E-state index < -0.39 is 18.5 Å². The largest absolute Gasteiger partial charge is 0.452 e. The summed E-state index contributed by atoms with van der Waals surface area (Å²) in [5.74, 6) is -1.03. The van der Waals surface area contributed by atoms with Crippen molar-refractivity contribution in [2.75, 3.05) is 19.0 Å². The van der Waals surface area contributed by atoms with Gasteiger partial charge in [-0.2, -0.15) is 5.26 Å². The molecule has 1 amide bonds. The summed E-state index contributed by atoms with van der Waals surface area (Å²) in [5.41, 5.74) is 2.80. The molecular weight excluding hydrogens is 364 g/mol. The van der Waals surface area contributed by atoms with Crippen LogP contribution >= 0.6 is 11.3 Å². The molecule has 2 aromatic rings. The number of nitrogens with zero attached hydrogens (tertiary/aromatic N) is 1. The van der Waals surface area contributed by atoms with Crippen molar-refractivity contribution in [1.29, 1.82) is 5.26 Å². The summed E-state index contributed by atoms with van der Waals surface area (Å²) < 4.78 is 10.1. The molecule has 0 radical (unpaired) electrons. The number of anilines is 1. The summed E-state index contributed by atoms with van der Waals surface area (Å²) in [6, 6.07) is 9.07. The van der Waals surface area contributed by atoms with Gasteiger partial charge in [0.05, 0.1) is 17.7 Å². The van der Waals surface area contributed by atoms with E-state index in [0.29, 0.717) is 22.7 Å². The first-order chi connectivity index (χ1) is 13.1. The van der Waals surface area contributed by atoms with Gasteiger partial charge in [0, 0.05) is 12.0 Å². The third kappa shape index (κ3) is 4.54.